The summed E-state index contributed by atoms with van der Waals surface area (Å²) in [4.78, 5) is 0. The molecule has 3 heteroatoms. The maximum Gasteiger partial charge on any atom is 0.125 e. The van der Waals surface area contributed by atoms with Crippen LogP contribution in [0.15, 0.2) is 42.5 Å². The van der Waals surface area contributed by atoms with Crippen LogP contribution in [-0.2, 0) is 6.61 Å². The van der Waals surface area contributed by atoms with Crippen molar-refractivity contribution in [1.29, 1.82) is 0 Å². The highest BCUT2D eigenvalue weighted by molar-refractivity contribution is 5.39. The molecular weight excluding hydrogens is 252 g/mol. The van der Waals surface area contributed by atoms with Crippen LogP contribution < -0.4 is 9.47 Å². The Hall–Kier alpha value is -2.16. The highest BCUT2D eigenvalue weighted by atomic mass is 16.5. The number of aromatic hydroxyl groups is 1. The minimum Gasteiger partial charge on any atom is -0.508 e. The third kappa shape index (κ3) is 3.44. The van der Waals surface area contributed by atoms with Gasteiger partial charge in [-0.05, 0) is 35.7 Å². The van der Waals surface area contributed by atoms with Gasteiger partial charge in [-0.25, -0.2) is 0 Å². The van der Waals surface area contributed by atoms with Gasteiger partial charge in [-0.1, -0.05) is 26.0 Å². The summed E-state index contributed by atoms with van der Waals surface area (Å²) >= 11 is 0. The zero-order valence-corrected chi connectivity index (χ0v) is 12.1. The molecule has 0 bridgehead atoms. The van der Waals surface area contributed by atoms with Crippen LogP contribution in [0.4, 0.5) is 0 Å². The minimum atomic E-state index is 0.199. The molecule has 0 aliphatic rings. The van der Waals surface area contributed by atoms with Crippen molar-refractivity contribution in [3.8, 4) is 17.2 Å². The van der Waals surface area contributed by atoms with Gasteiger partial charge in [-0.2, -0.15) is 0 Å². The SMILES string of the molecule is COc1ccc(C(C)C)cc1COc1cccc(O)c1. The lowest BCUT2D eigenvalue weighted by molar-refractivity contribution is 0.295. The molecule has 0 spiro atoms. The summed E-state index contributed by atoms with van der Waals surface area (Å²) in [5, 5.41) is 9.42. The molecule has 2 rings (SSSR count). The zero-order valence-electron chi connectivity index (χ0n) is 12.1. The van der Waals surface area contributed by atoms with Gasteiger partial charge in [0, 0.05) is 11.6 Å². The van der Waals surface area contributed by atoms with E-state index in [4.69, 9.17) is 9.47 Å². The second kappa shape index (κ2) is 6.33. The van der Waals surface area contributed by atoms with Crippen molar-refractivity contribution < 1.29 is 14.6 Å². The van der Waals surface area contributed by atoms with Gasteiger partial charge in [-0.15, -0.1) is 0 Å². The molecule has 0 fully saturated rings. The van der Waals surface area contributed by atoms with Crippen LogP contribution >= 0.6 is 0 Å². The van der Waals surface area contributed by atoms with Crippen molar-refractivity contribution in [3.63, 3.8) is 0 Å². The average Bonchev–Trinajstić information content (AvgIpc) is 2.44. The van der Waals surface area contributed by atoms with Crippen molar-refractivity contribution in [2.45, 2.75) is 26.4 Å². The van der Waals surface area contributed by atoms with Crippen molar-refractivity contribution in [3.05, 3.63) is 53.6 Å². The second-order valence-corrected chi connectivity index (χ2v) is 5.01. The third-order valence-electron chi connectivity index (χ3n) is 3.18. The Labute approximate surface area is 119 Å². The second-order valence-electron chi connectivity index (χ2n) is 5.01. The summed E-state index contributed by atoms with van der Waals surface area (Å²) in [7, 11) is 1.65. The lowest BCUT2D eigenvalue weighted by Gasteiger charge is -2.13. The summed E-state index contributed by atoms with van der Waals surface area (Å²) < 4.78 is 11.1. The van der Waals surface area contributed by atoms with E-state index < -0.39 is 0 Å². The molecule has 0 aliphatic carbocycles. The highest BCUT2D eigenvalue weighted by Crippen LogP contribution is 2.26. The van der Waals surface area contributed by atoms with Crippen LogP contribution in [0.3, 0.4) is 0 Å². The van der Waals surface area contributed by atoms with Gasteiger partial charge in [0.25, 0.3) is 0 Å². The molecule has 0 heterocycles. The molecule has 20 heavy (non-hydrogen) atoms. The molecule has 0 unspecified atom stereocenters. The number of phenols is 1. The van der Waals surface area contributed by atoms with Gasteiger partial charge in [0.2, 0.25) is 0 Å². The lowest BCUT2D eigenvalue weighted by atomic mass is 10.0. The summed E-state index contributed by atoms with van der Waals surface area (Å²) in [5.41, 5.74) is 2.25. The van der Waals surface area contributed by atoms with Crippen molar-refractivity contribution in [1.82, 2.24) is 0 Å². The van der Waals surface area contributed by atoms with E-state index in [1.807, 2.05) is 12.1 Å². The van der Waals surface area contributed by atoms with Gasteiger partial charge < -0.3 is 14.6 Å². The van der Waals surface area contributed by atoms with Gasteiger partial charge in [0.05, 0.1) is 7.11 Å². The summed E-state index contributed by atoms with van der Waals surface area (Å²) in [6.07, 6.45) is 0. The van der Waals surface area contributed by atoms with Crippen molar-refractivity contribution in [2.75, 3.05) is 7.11 Å². The summed E-state index contributed by atoms with van der Waals surface area (Å²) in [6.45, 7) is 4.72. The Bertz CT molecular complexity index is 576. The zero-order chi connectivity index (χ0) is 14.5. The standard InChI is InChI=1S/C17H20O3/c1-12(2)13-7-8-17(19-3)14(9-13)11-20-16-6-4-5-15(18)10-16/h4-10,12,18H,11H2,1-3H3. The highest BCUT2D eigenvalue weighted by Gasteiger charge is 2.08. The van der Waals surface area contributed by atoms with Gasteiger partial charge in [0.1, 0.15) is 23.9 Å². The van der Waals surface area contributed by atoms with E-state index in [1.165, 1.54) is 5.56 Å². The third-order valence-corrected chi connectivity index (χ3v) is 3.18. The molecule has 3 nitrogen and oxygen atoms in total. The summed E-state index contributed by atoms with van der Waals surface area (Å²) in [6, 6.07) is 12.9. The number of ether oxygens (including phenoxy) is 2. The van der Waals surface area contributed by atoms with E-state index in [-0.39, 0.29) is 5.75 Å². The monoisotopic (exact) mass is 272 g/mol. The fourth-order valence-electron chi connectivity index (χ4n) is 2.00. The predicted molar refractivity (Wildman–Crippen MR) is 79.5 cm³/mol. The van der Waals surface area contributed by atoms with Crippen LogP contribution in [0.25, 0.3) is 0 Å². The molecule has 0 saturated heterocycles. The Morgan fingerprint density at radius 2 is 1.90 bits per heavy atom. The first-order valence-corrected chi connectivity index (χ1v) is 6.69. The predicted octanol–water partition coefficient (Wildman–Crippen LogP) is 4.10. The Morgan fingerprint density at radius 1 is 1.10 bits per heavy atom. The van der Waals surface area contributed by atoms with Crippen molar-refractivity contribution in [2.24, 2.45) is 0 Å². The minimum absolute atomic E-state index is 0.199. The molecule has 2 aromatic rings. The van der Waals surface area contributed by atoms with E-state index in [2.05, 4.69) is 26.0 Å². The van der Waals surface area contributed by atoms with Gasteiger partial charge >= 0.3 is 0 Å². The molecule has 0 atom stereocenters. The fraction of sp³-hybridized carbons (Fsp3) is 0.294. The van der Waals surface area contributed by atoms with Gasteiger partial charge in [-0.3, -0.25) is 0 Å². The molecule has 0 amide bonds. The smallest absolute Gasteiger partial charge is 0.125 e. The van der Waals surface area contributed by atoms with Crippen LogP contribution in [-0.4, -0.2) is 12.2 Å². The number of phenolic OH excluding ortho intramolecular Hbond substituents is 1. The largest absolute Gasteiger partial charge is 0.508 e. The molecule has 106 valence electrons. The molecule has 1 N–H and O–H groups in total. The van der Waals surface area contributed by atoms with E-state index in [1.54, 1.807) is 25.3 Å². The maximum atomic E-state index is 9.42. The van der Waals surface area contributed by atoms with Crippen LogP contribution in [0.5, 0.6) is 17.2 Å². The molecule has 2 aromatic carbocycles. The first-order valence-electron chi connectivity index (χ1n) is 6.69. The molecule has 0 saturated carbocycles. The van der Waals surface area contributed by atoms with Gasteiger partial charge in [0.15, 0.2) is 0 Å². The molecule has 0 aliphatic heterocycles. The number of methoxy groups -OCH3 is 1. The molecular formula is C17H20O3. The first kappa shape index (κ1) is 14.3. The maximum absolute atomic E-state index is 9.42. The van der Waals surface area contributed by atoms with Crippen LogP contribution in [0, 0.1) is 0 Å². The lowest BCUT2D eigenvalue weighted by Crippen LogP contribution is -2.00. The van der Waals surface area contributed by atoms with E-state index in [0.29, 0.717) is 18.3 Å². The normalized spacial score (nSPS) is 10.6. The number of hydrogen-bond acceptors (Lipinski definition) is 3. The fourth-order valence-corrected chi connectivity index (χ4v) is 2.00. The Morgan fingerprint density at radius 3 is 2.55 bits per heavy atom. The Balaban J connectivity index is 2.17. The van der Waals surface area contributed by atoms with E-state index in [9.17, 15) is 5.11 Å². The molecule has 0 radical (unpaired) electrons. The number of hydrogen-bond donors (Lipinski definition) is 1. The van der Waals surface area contributed by atoms with Crippen LogP contribution in [0.1, 0.15) is 30.9 Å². The average molecular weight is 272 g/mol. The quantitative estimate of drug-likeness (QED) is 0.890. The van der Waals surface area contributed by atoms with Crippen molar-refractivity contribution >= 4 is 0 Å². The first-order chi connectivity index (χ1) is 9.60. The van der Waals surface area contributed by atoms with Crippen LogP contribution in [0.2, 0.25) is 0 Å². The topological polar surface area (TPSA) is 38.7 Å². The molecule has 0 aromatic heterocycles. The number of rotatable bonds is 5. The summed E-state index contributed by atoms with van der Waals surface area (Å²) in [5.74, 6) is 2.11. The Kier molecular flexibility index (Phi) is 4.51. The van der Waals surface area contributed by atoms with E-state index in [0.717, 1.165) is 11.3 Å². The number of benzene rings is 2. The van der Waals surface area contributed by atoms with E-state index >= 15 is 0 Å².